The summed E-state index contributed by atoms with van der Waals surface area (Å²) in [5.41, 5.74) is 3.77. The smallest absolute Gasteiger partial charge is 0.229 e. The van der Waals surface area contributed by atoms with Gasteiger partial charge in [-0.2, -0.15) is 4.98 Å². The molecule has 1 saturated heterocycles. The number of ether oxygens (including phenoxy) is 1. The lowest BCUT2D eigenvalue weighted by molar-refractivity contribution is -0.0979. The molecule has 0 spiro atoms. The number of likely N-dealkylation sites (N-methyl/N-ethyl adjacent to an activating group) is 1. The van der Waals surface area contributed by atoms with Crippen LogP contribution in [0.25, 0.3) is 11.1 Å². The Kier molecular flexibility index (Phi) is 8.41. The van der Waals surface area contributed by atoms with Crippen molar-refractivity contribution in [1.29, 1.82) is 0 Å². The van der Waals surface area contributed by atoms with Gasteiger partial charge < -0.3 is 34.4 Å². The second kappa shape index (κ2) is 11.4. The Balaban J connectivity index is 0.000000536. The Morgan fingerprint density at radius 3 is 2.31 bits per heavy atom. The summed E-state index contributed by atoms with van der Waals surface area (Å²) < 4.78 is 9.80. The molecular weight excluding hydrogens is 408 g/mol. The Morgan fingerprint density at radius 2 is 1.69 bits per heavy atom. The summed E-state index contributed by atoms with van der Waals surface area (Å²) >= 11 is 0. The molecule has 2 aliphatic rings. The maximum atomic E-state index is 8.00. The average Bonchev–Trinajstić information content (AvgIpc) is 3.50. The fraction of sp³-hybridized carbons (Fsp3) is 0.435. The molecular formula is C23H32N6O3. The van der Waals surface area contributed by atoms with Gasteiger partial charge in [0, 0.05) is 63.9 Å². The number of benzene rings is 1. The number of piperazine rings is 1. The van der Waals surface area contributed by atoms with Crippen LogP contribution in [0.3, 0.4) is 0 Å². The van der Waals surface area contributed by atoms with Crippen LogP contribution in [-0.4, -0.2) is 75.1 Å². The number of aromatic nitrogens is 2. The molecule has 1 aliphatic heterocycles. The fourth-order valence-electron chi connectivity index (χ4n) is 3.39. The highest BCUT2D eigenvalue weighted by Gasteiger charge is 2.23. The molecule has 3 aromatic rings. The first kappa shape index (κ1) is 23.5. The summed E-state index contributed by atoms with van der Waals surface area (Å²) in [7, 11) is 5.42. The third-order valence-corrected chi connectivity index (χ3v) is 5.21. The molecule has 0 bridgehead atoms. The highest BCUT2D eigenvalue weighted by molar-refractivity contribution is 5.85. The van der Waals surface area contributed by atoms with E-state index in [1.165, 1.54) is 18.5 Å². The van der Waals surface area contributed by atoms with Crippen molar-refractivity contribution < 1.29 is 13.9 Å². The second-order valence-corrected chi connectivity index (χ2v) is 7.82. The van der Waals surface area contributed by atoms with Crippen LogP contribution in [-0.2, 0) is 9.53 Å². The van der Waals surface area contributed by atoms with Crippen molar-refractivity contribution in [2.24, 2.45) is 0 Å². The van der Waals surface area contributed by atoms with Crippen LogP contribution in [0.15, 0.2) is 41.0 Å². The molecule has 172 valence electrons. The third-order valence-electron chi connectivity index (χ3n) is 5.21. The minimum Gasteiger partial charge on any atom is -0.459 e. The summed E-state index contributed by atoms with van der Waals surface area (Å²) in [5.74, 6) is 1.35. The number of rotatable bonds is 5. The molecule has 1 aromatic carbocycles. The molecule has 5 rings (SSSR count). The van der Waals surface area contributed by atoms with Gasteiger partial charge in [-0.25, -0.2) is 4.98 Å². The Morgan fingerprint density at radius 1 is 1.03 bits per heavy atom. The number of furan rings is 1. The molecule has 32 heavy (non-hydrogen) atoms. The summed E-state index contributed by atoms with van der Waals surface area (Å²) in [6, 6.07) is 10.9. The van der Waals surface area contributed by atoms with E-state index in [0.717, 1.165) is 48.8 Å². The molecule has 0 atom stereocenters. The zero-order valence-electron chi connectivity index (χ0n) is 19.0. The van der Waals surface area contributed by atoms with Gasteiger partial charge in [0.15, 0.2) is 11.4 Å². The summed E-state index contributed by atoms with van der Waals surface area (Å²) in [5, 5.41) is 6.76. The molecule has 2 fully saturated rings. The van der Waals surface area contributed by atoms with Crippen LogP contribution in [0.5, 0.6) is 0 Å². The van der Waals surface area contributed by atoms with E-state index in [2.05, 4.69) is 66.5 Å². The van der Waals surface area contributed by atoms with Crippen LogP contribution in [0, 0.1) is 0 Å². The molecule has 0 unspecified atom stereocenters. The summed E-state index contributed by atoms with van der Waals surface area (Å²) in [4.78, 5) is 22.0. The standard InChI is InChI=1S/C20H24N6O.C2H6O.CH2O/c1-25-9-11-26(12-10-25)16-6-4-15(5-7-16)22-20-23-17-8-13-27-18(17)19(24-20)21-14-2-3-14;1-3-2;1-2/h4-8,13-14H,2-3,9-12H2,1H3,(H2,21,22,23,24);1-2H3;1H2. The van der Waals surface area contributed by atoms with Gasteiger partial charge in [-0.1, -0.05) is 0 Å². The molecule has 9 heteroatoms. The van der Waals surface area contributed by atoms with Crippen LogP contribution in [0.2, 0.25) is 0 Å². The molecule has 9 nitrogen and oxygen atoms in total. The van der Waals surface area contributed by atoms with Crippen molar-refractivity contribution in [1.82, 2.24) is 14.9 Å². The van der Waals surface area contributed by atoms with Crippen molar-refractivity contribution in [3.8, 4) is 0 Å². The van der Waals surface area contributed by atoms with Crippen LogP contribution >= 0.6 is 0 Å². The van der Waals surface area contributed by atoms with E-state index in [-0.39, 0.29) is 0 Å². The molecule has 1 aliphatic carbocycles. The number of fused-ring (bicyclic) bond motifs is 1. The molecule has 2 aromatic heterocycles. The SMILES string of the molecule is C=O.CN1CCN(c2ccc(Nc3nc(NC4CC4)c4occc4n3)cc2)CC1.COC. The second-order valence-electron chi connectivity index (χ2n) is 7.82. The van der Waals surface area contributed by atoms with Crippen LogP contribution in [0.1, 0.15) is 12.8 Å². The van der Waals surface area contributed by atoms with Gasteiger partial charge >= 0.3 is 0 Å². The van der Waals surface area contributed by atoms with Gasteiger partial charge in [-0.05, 0) is 44.2 Å². The minimum absolute atomic E-state index is 0.504. The fourth-order valence-corrected chi connectivity index (χ4v) is 3.39. The summed E-state index contributed by atoms with van der Waals surface area (Å²) in [6.07, 6.45) is 4.03. The quantitative estimate of drug-likeness (QED) is 0.619. The number of carbonyl (C=O) groups excluding carboxylic acids is 1. The van der Waals surface area contributed by atoms with Gasteiger partial charge in [0.05, 0.1) is 6.26 Å². The average molecular weight is 441 g/mol. The molecule has 0 amide bonds. The van der Waals surface area contributed by atoms with Gasteiger partial charge in [-0.15, -0.1) is 0 Å². The normalized spacial score (nSPS) is 15.9. The first-order chi connectivity index (χ1) is 15.7. The minimum atomic E-state index is 0.504. The maximum absolute atomic E-state index is 8.00. The van der Waals surface area contributed by atoms with E-state index < -0.39 is 0 Å². The van der Waals surface area contributed by atoms with E-state index in [4.69, 9.17) is 9.21 Å². The van der Waals surface area contributed by atoms with Gasteiger partial charge in [0.25, 0.3) is 0 Å². The first-order valence-electron chi connectivity index (χ1n) is 10.7. The number of nitrogens with zero attached hydrogens (tertiary/aromatic N) is 4. The van der Waals surface area contributed by atoms with Crippen molar-refractivity contribution in [2.45, 2.75) is 18.9 Å². The van der Waals surface area contributed by atoms with Crippen molar-refractivity contribution in [2.75, 3.05) is 63.0 Å². The lowest BCUT2D eigenvalue weighted by Crippen LogP contribution is -2.44. The molecule has 1 saturated carbocycles. The highest BCUT2D eigenvalue weighted by Crippen LogP contribution is 2.30. The number of anilines is 4. The predicted molar refractivity (Wildman–Crippen MR) is 128 cm³/mol. The predicted octanol–water partition coefficient (Wildman–Crippen LogP) is 3.37. The van der Waals surface area contributed by atoms with Gasteiger partial charge in [0.2, 0.25) is 5.95 Å². The first-order valence-corrected chi connectivity index (χ1v) is 10.7. The molecule has 3 heterocycles. The summed E-state index contributed by atoms with van der Waals surface area (Å²) in [6.45, 7) is 6.35. The Labute approximate surface area is 188 Å². The van der Waals surface area contributed by atoms with E-state index in [1.54, 1.807) is 20.5 Å². The number of hydrogen-bond acceptors (Lipinski definition) is 9. The van der Waals surface area contributed by atoms with E-state index in [1.807, 2.05) is 12.9 Å². The van der Waals surface area contributed by atoms with Crippen LogP contribution < -0.4 is 15.5 Å². The lowest BCUT2D eigenvalue weighted by Gasteiger charge is -2.34. The molecule has 0 radical (unpaired) electrons. The maximum Gasteiger partial charge on any atom is 0.229 e. The zero-order chi connectivity index (χ0) is 22.9. The van der Waals surface area contributed by atoms with E-state index >= 15 is 0 Å². The lowest BCUT2D eigenvalue weighted by atomic mass is 10.2. The van der Waals surface area contributed by atoms with Gasteiger partial charge in [-0.3, -0.25) is 0 Å². The van der Waals surface area contributed by atoms with Crippen LogP contribution in [0.4, 0.5) is 23.1 Å². The zero-order valence-corrected chi connectivity index (χ0v) is 19.0. The number of carbonyl (C=O) groups is 1. The highest BCUT2D eigenvalue weighted by atomic mass is 16.4. The Hall–Kier alpha value is -3.17. The van der Waals surface area contributed by atoms with Crippen molar-refractivity contribution in [3.05, 3.63) is 36.6 Å². The third kappa shape index (κ3) is 6.18. The Bertz CT molecular complexity index is 966. The number of methoxy groups -OCH3 is 1. The van der Waals surface area contributed by atoms with E-state index in [9.17, 15) is 0 Å². The molecule has 2 N–H and O–H groups in total. The number of nitrogens with one attached hydrogen (secondary N) is 2. The topological polar surface area (TPSA) is 95.8 Å². The van der Waals surface area contributed by atoms with Gasteiger partial charge in [0.1, 0.15) is 12.3 Å². The van der Waals surface area contributed by atoms with Crippen molar-refractivity contribution >= 4 is 41.0 Å². The monoisotopic (exact) mass is 440 g/mol. The van der Waals surface area contributed by atoms with E-state index in [0.29, 0.717) is 12.0 Å². The van der Waals surface area contributed by atoms with Crippen molar-refractivity contribution in [3.63, 3.8) is 0 Å². The largest absolute Gasteiger partial charge is 0.459 e. The number of hydrogen-bond donors (Lipinski definition) is 2.